The molecule has 1 N–H and O–H groups in total. The topological polar surface area (TPSA) is 72.3 Å². The van der Waals surface area contributed by atoms with Gasteiger partial charge in [-0.2, -0.15) is 5.10 Å². The van der Waals surface area contributed by atoms with Crippen molar-refractivity contribution in [2.24, 2.45) is 0 Å². The maximum atomic E-state index is 12.8. The maximum absolute atomic E-state index is 12.8. The lowest BCUT2D eigenvalue weighted by Crippen LogP contribution is -2.18. The Morgan fingerprint density at radius 3 is 2.87 bits per heavy atom. The predicted octanol–water partition coefficient (Wildman–Crippen LogP) is 4.20. The summed E-state index contributed by atoms with van der Waals surface area (Å²) in [4.78, 5) is 19.3. The number of aromatic nitrogens is 3. The molecule has 2 aromatic heterocycles. The molecule has 0 spiro atoms. The van der Waals surface area contributed by atoms with Crippen molar-refractivity contribution in [3.63, 3.8) is 0 Å². The van der Waals surface area contributed by atoms with Crippen LogP contribution >= 0.6 is 11.6 Å². The number of fused-ring (bicyclic) bond motifs is 2. The molecule has 4 heterocycles. The van der Waals surface area contributed by atoms with Gasteiger partial charge in [0, 0.05) is 31.4 Å². The molecule has 7 nitrogen and oxygen atoms in total. The summed E-state index contributed by atoms with van der Waals surface area (Å²) in [7, 11) is 3.37. The molecule has 0 saturated heterocycles. The van der Waals surface area contributed by atoms with Gasteiger partial charge in [-0.25, -0.2) is 0 Å². The zero-order valence-electron chi connectivity index (χ0n) is 17.6. The van der Waals surface area contributed by atoms with Crippen LogP contribution in [0.4, 0.5) is 11.4 Å². The Morgan fingerprint density at radius 2 is 2.06 bits per heavy atom. The molecule has 3 aromatic rings. The highest BCUT2D eigenvalue weighted by molar-refractivity contribution is 6.32. The van der Waals surface area contributed by atoms with Crippen LogP contribution in [0.25, 0.3) is 0 Å². The quantitative estimate of drug-likeness (QED) is 0.647. The van der Waals surface area contributed by atoms with Crippen LogP contribution in [0.3, 0.4) is 0 Å². The van der Waals surface area contributed by atoms with Gasteiger partial charge in [0.25, 0.3) is 5.91 Å². The lowest BCUT2D eigenvalue weighted by Gasteiger charge is -2.15. The number of ether oxygens (including phenoxy) is 1. The van der Waals surface area contributed by atoms with Crippen LogP contribution in [0.5, 0.6) is 5.75 Å². The SMILES string of the molecule is COc1c(Cl)cccc1Nc1cc(Cc2cc3n(n2)CCCC3)nc2c1C(=O)N(C)C2. The summed E-state index contributed by atoms with van der Waals surface area (Å²) in [6.45, 7) is 1.47. The number of amides is 1. The Labute approximate surface area is 186 Å². The summed E-state index contributed by atoms with van der Waals surface area (Å²) in [5.41, 5.74) is 5.95. The molecule has 0 atom stereocenters. The van der Waals surface area contributed by atoms with Gasteiger partial charge in [-0.3, -0.25) is 14.5 Å². The van der Waals surface area contributed by atoms with Gasteiger partial charge < -0.3 is 15.0 Å². The molecule has 5 rings (SSSR count). The Kier molecular flexibility index (Phi) is 5.06. The number of benzene rings is 1. The Morgan fingerprint density at radius 1 is 1.19 bits per heavy atom. The van der Waals surface area contributed by atoms with E-state index in [-0.39, 0.29) is 5.91 Å². The molecular weight excluding hydrogens is 414 g/mol. The van der Waals surface area contributed by atoms with E-state index in [1.165, 1.54) is 18.5 Å². The number of pyridine rings is 1. The second-order valence-electron chi connectivity index (χ2n) is 8.07. The molecule has 1 amide bonds. The average molecular weight is 438 g/mol. The van der Waals surface area contributed by atoms with Crippen molar-refractivity contribution < 1.29 is 9.53 Å². The third kappa shape index (κ3) is 3.63. The van der Waals surface area contributed by atoms with Crippen molar-refractivity contribution in [3.8, 4) is 5.75 Å². The van der Waals surface area contributed by atoms with Gasteiger partial charge in [0.15, 0.2) is 5.75 Å². The summed E-state index contributed by atoms with van der Waals surface area (Å²) < 4.78 is 7.58. The number of rotatable bonds is 5. The van der Waals surface area contributed by atoms with Gasteiger partial charge in [-0.05, 0) is 43.5 Å². The Hall–Kier alpha value is -3.06. The fraction of sp³-hybridized carbons (Fsp3) is 0.348. The van der Waals surface area contributed by atoms with E-state index >= 15 is 0 Å². The normalized spacial score (nSPS) is 15.1. The fourth-order valence-corrected chi connectivity index (χ4v) is 4.65. The number of para-hydroxylation sites is 1. The third-order valence-corrected chi connectivity index (χ3v) is 6.16. The number of aryl methyl sites for hydroxylation is 2. The van der Waals surface area contributed by atoms with Gasteiger partial charge in [-0.15, -0.1) is 0 Å². The predicted molar refractivity (Wildman–Crippen MR) is 119 cm³/mol. The van der Waals surface area contributed by atoms with Gasteiger partial charge in [0.1, 0.15) is 0 Å². The lowest BCUT2D eigenvalue weighted by atomic mass is 10.1. The number of hydrogen-bond donors (Lipinski definition) is 1. The highest BCUT2D eigenvalue weighted by atomic mass is 35.5. The zero-order chi connectivity index (χ0) is 21.5. The molecule has 31 heavy (non-hydrogen) atoms. The van der Waals surface area contributed by atoms with Crippen molar-refractivity contribution in [2.45, 2.75) is 38.8 Å². The van der Waals surface area contributed by atoms with Crippen LogP contribution in [0.1, 0.15) is 46.0 Å². The fourth-order valence-electron chi connectivity index (χ4n) is 4.39. The smallest absolute Gasteiger partial charge is 0.257 e. The summed E-state index contributed by atoms with van der Waals surface area (Å²) in [5.74, 6) is 0.492. The van der Waals surface area contributed by atoms with E-state index in [9.17, 15) is 4.79 Å². The number of methoxy groups -OCH3 is 1. The molecule has 160 valence electrons. The molecule has 2 aliphatic rings. The summed E-state index contributed by atoms with van der Waals surface area (Å²) in [6.07, 6.45) is 4.08. The second-order valence-corrected chi connectivity index (χ2v) is 8.48. The summed E-state index contributed by atoms with van der Waals surface area (Å²) in [5, 5.41) is 8.64. The first-order chi connectivity index (χ1) is 15.0. The molecule has 8 heteroatoms. The minimum Gasteiger partial charge on any atom is -0.493 e. The highest BCUT2D eigenvalue weighted by Crippen LogP contribution is 2.37. The third-order valence-electron chi connectivity index (χ3n) is 5.86. The Balaban J connectivity index is 1.53. The van der Waals surface area contributed by atoms with E-state index in [1.807, 2.05) is 18.2 Å². The summed E-state index contributed by atoms with van der Waals surface area (Å²) >= 11 is 6.29. The number of nitrogens with zero attached hydrogens (tertiary/aromatic N) is 4. The first kappa shape index (κ1) is 19.9. The largest absolute Gasteiger partial charge is 0.493 e. The van der Waals surface area contributed by atoms with Crippen molar-refractivity contribution in [2.75, 3.05) is 19.5 Å². The first-order valence-corrected chi connectivity index (χ1v) is 10.8. The molecule has 0 fully saturated rings. The zero-order valence-corrected chi connectivity index (χ0v) is 18.4. The highest BCUT2D eigenvalue weighted by Gasteiger charge is 2.30. The van der Waals surface area contributed by atoms with Crippen LogP contribution in [0, 0.1) is 0 Å². The second kappa shape index (κ2) is 7.89. The van der Waals surface area contributed by atoms with Crippen molar-refractivity contribution in [3.05, 3.63) is 63.7 Å². The molecule has 0 aliphatic carbocycles. The van der Waals surface area contributed by atoms with E-state index in [2.05, 4.69) is 16.1 Å². The number of carbonyl (C=O) groups excluding carboxylic acids is 1. The molecule has 0 radical (unpaired) electrons. The molecular formula is C23H24ClN5O2. The number of carbonyl (C=O) groups is 1. The van der Waals surface area contributed by atoms with Crippen molar-refractivity contribution >= 4 is 28.9 Å². The van der Waals surface area contributed by atoms with Crippen LogP contribution in [0.2, 0.25) is 5.02 Å². The monoisotopic (exact) mass is 437 g/mol. The molecule has 0 unspecified atom stereocenters. The van der Waals surface area contributed by atoms with E-state index in [0.29, 0.717) is 40.7 Å². The van der Waals surface area contributed by atoms with Crippen LogP contribution in [-0.2, 0) is 25.9 Å². The van der Waals surface area contributed by atoms with E-state index < -0.39 is 0 Å². The van der Waals surface area contributed by atoms with Gasteiger partial charge >= 0.3 is 0 Å². The lowest BCUT2D eigenvalue weighted by molar-refractivity contribution is 0.0817. The van der Waals surface area contributed by atoms with Crippen molar-refractivity contribution in [1.29, 1.82) is 0 Å². The van der Waals surface area contributed by atoms with Crippen molar-refractivity contribution in [1.82, 2.24) is 19.7 Å². The standard InChI is InChI=1S/C23H24ClN5O2/c1-28-13-20-21(23(28)30)19(26-18-8-5-7-17(24)22(18)31-2)12-14(25-20)10-15-11-16-6-3-4-9-29(16)27-15/h5,7-8,11-12H,3-4,6,9-10,13H2,1-2H3,(H,25,26). The van der Waals surface area contributed by atoms with E-state index in [4.69, 9.17) is 26.4 Å². The molecule has 1 aromatic carbocycles. The number of anilines is 2. The molecule has 0 bridgehead atoms. The maximum Gasteiger partial charge on any atom is 0.257 e. The molecule has 0 saturated carbocycles. The summed E-state index contributed by atoms with van der Waals surface area (Å²) in [6, 6.07) is 9.61. The van der Waals surface area contributed by atoms with Gasteiger partial charge in [-0.1, -0.05) is 17.7 Å². The van der Waals surface area contributed by atoms with Crippen LogP contribution in [0.15, 0.2) is 30.3 Å². The first-order valence-electron chi connectivity index (χ1n) is 10.5. The van der Waals surface area contributed by atoms with Gasteiger partial charge in [0.2, 0.25) is 0 Å². The number of hydrogen-bond acceptors (Lipinski definition) is 5. The van der Waals surface area contributed by atoms with Crippen LogP contribution in [-0.4, -0.2) is 39.7 Å². The Bertz CT molecular complexity index is 1150. The van der Waals surface area contributed by atoms with Gasteiger partial charge in [0.05, 0.1) is 47.0 Å². The van der Waals surface area contributed by atoms with E-state index in [0.717, 1.165) is 30.0 Å². The van der Waals surface area contributed by atoms with Crippen LogP contribution < -0.4 is 10.1 Å². The minimum atomic E-state index is -0.0463. The average Bonchev–Trinajstić information content (AvgIpc) is 3.28. The van der Waals surface area contributed by atoms with E-state index in [1.54, 1.807) is 25.1 Å². The number of nitrogens with one attached hydrogen (secondary N) is 1. The molecule has 2 aliphatic heterocycles. The minimum absolute atomic E-state index is 0.0463. The number of halogens is 1.